The first-order valence-electron chi connectivity index (χ1n) is 9.15. The number of imidazole rings is 1. The van der Waals surface area contributed by atoms with E-state index in [0.29, 0.717) is 33.6 Å². The van der Waals surface area contributed by atoms with E-state index in [1.807, 2.05) is 37.4 Å². The van der Waals surface area contributed by atoms with Gasteiger partial charge in [0.25, 0.3) is 5.91 Å². The van der Waals surface area contributed by atoms with Gasteiger partial charge in [0, 0.05) is 22.3 Å². The molecule has 0 unspecified atom stereocenters. The predicted molar refractivity (Wildman–Crippen MR) is 116 cm³/mol. The Morgan fingerprint density at radius 3 is 2.67 bits per heavy atom. The van der Waals surface area contributed by atoms with Crippen molar-refractivity contribution in [1.29, 1.82) is 0 Å². The van der Waals surface area contributed by atoms with Crippen molar-refractivity contribution in [3.8, 4) is 22.9 Å². The van der Waals surface area contributed by atoms with Crippen molar-refractivity contribution in [3.05, 3.63) is 70.9 Å². The van der Waals surface area contributed by atoms with Crippen molar-refractivity contribution in [2.45, 2.75) is 6.92 Å². The summed E-state index contributed by atoms with van der Waals surface area (Å²) in [5.41, 5.74) is 4.21. The van der Waals surface area contributed by atoms with E-state index < -0.39 is 0 Å². The molecule has 2 aromatic carbocycles. The van der Waals surface area contributed by atoms with E-state index in [4.69, 9.17) is 21.1 Å². The number of halogens is 1. The maximum Gasteiger partial charge on any atom is 0.259 e. The quantitative estimate of drug-likeness (QED) is 0.507. The van der Waals surface area contributed by atoms with Crippen molar-refractivity contribution < 1.29 is 14.3 Å². The fourth-order valence-electron chi connectivity index (χ4n) is 3.08. The Kier molecular flexibility index (Phi) is 5.29. The first-order valence-corrected chi connectivity index (χ1v) is 9.52. The molecule has 1 N–H and O–H groups in total. The van der Waals surface area contributed by atoms with Gasteiger partial charge in [-0.05, 0) is 42.8 Å². The summed E-state index contributed by atoms with van der Waals surface area (Å²) in [4.78, 5) is 17.5. The van der Waals surface area contributed by atoms with Gasteiger partial charge in [0.15, 0.2) is 5.65 Å². The highest BCUT2D eigenvalue weighted by molar-refractivity contribution is 6.31. The number of aromatic nitrogens is 3. The normalized spacial score (nSPS) is 10.8. The van der Waals surface area contributed by atoms with Crippen LogP contribution in [0.3, 0.4) is 0 Å². The number of carbonyl (C=O) groups is 1. The molecule has 1 amide bonds. The molecule has 0 saturated carbocycles. The van der Waals surface area contributed by atoms with Gasteiger partial charge >= 0.3 is 0 Å². The summed E-state index contributed by atoms with van der Waals surface area (Å²) in [5.74, 6) is 0.640. The molecule has 0 radical (unpaired) electrons. The first-order chi connectivity index (χ1) is 14.5. The highest BCUT2D eigenvalue weighted by Crippen LogP contribution is 2.28. The molecule has 30 heavy (non-hydrogen) atoms. The van der Waals surface area contributed by atoms with Gasteiger partial charge in [-0.25, -0.2) is 9.50 Å². The Labute approximate surface area is 178 Å². The highest BCUT2D eigenvalue weighted by Gasteiger charge is 2.15. The number of aryl methyl sites for hydroxylation is 1. The third kappa shape index (κ3) is 3.79. The summed E-state index contributed by atoms with van der Waals surface area (Å²) in [7, 11) is 3.08. The maximum atomic E-state index is 12.9. The summed E-state index contributed by atoms with van der Waals surface area (Å²) < 4.78 is 12.1. The number of amides is 1. The number of nitrogens with zero attached hydrogens (tertiary/aromatic N) is 3. The van der Waals surface area contributed by atoms with Gasteiger partial charge in [-0.2, -0.15) is 0 Å². The van der Waals surface area contributed by atoms with Crippen molar-refractivity contribution in [2.75, 3.05) is 19.5 Å². The van der Waals surface area contributed by atoms with E-state index in [0.717, 1.165) is 16.8 Å². The fourth-order valence-corrected chi connectivity index (χ4v) is 3.25. The lowest BCUT2D eigenvalue weighted by molar-refractivity contribution is 0.102. The molecular formula is C22H19ClN4O3. The number of fused-ring (bicyclic) bond motifs is 1. The minimum atomic E-state index is -0.309. The Hall–Kier alpha value is -3.58. The molecular weight excluding hydrogens is 404 g/mol. The van der Waals surface area contributed by atoms with Crippen LogP contribution in [0.15, 0.2) is 54.7 Å². The monoisotopic (exact) mass is 422 g/mol. The van der Waals surface area contributed by atoms with E-state index in [9.17, 15) is 4.79 Å². The third-order valence-corrected chi connectivity index (χ3v) is 4.93. The number of rotatable bonds is 5. The minimum Gasteiger partial charge on any atom is -0.496 e. The van der Waals surface area contributed by atoms with Crippen molar-refractivity contribution in [2.24, 2.45) is 0 Å². The van der Waals surface area contributed by atoms with Crippen LogP contribution in [0.5, 0.6) is 11.6 Å². The Balaban J connectivity index is 1.67. The Bertz CT molecular complexity index is 1250. The molecule has 0 fully saturated rings. The number of hydrogen-bond acceptors (Lipinski definition) is 5. The van der Waals surface area contributed by atoms with E-state index in [1.54, 1.807) is 35.9 Å². The zero-order valence-electron chi connectivity index (χ0n) is 16.6. The average Bonchev–Trinajstić information content (AvgIpc) is 3.18. The number of anilines is 1. The molecule has 0 spiro atoms. The van der Waals surface area contributed by atoms with Gasteiger partial charge in [0.2, 0.25) is 5.88 Å². The van der Waals surface area contributed by atoms with Crippen molar-refractivity contribution in [3.63, 3.8) is 0 Å². The van der Waals surface area contributed by atoms with E-state index in [2.05, 4.69) is 15.4 Å². The molecule has 4 rings (SSSR count). The number of carbonyl (C=O) groups excluding carboxylic acids is 1. The summed E-state index contributed by atoms with van der Waals surface area (Å²) in [5, 5.41) is 7.73. The molecule has 4 aromatic rings. The van der Waals surface area contributed by atoms with Crippen LogP contribution in [-0.2, 0) is 0 Å². The SMILES string of the molecule is COc1ccc2nc(-c3ccc(C)c(NC(=O)c4cc(Cl)ccc4OC)c3)cn2n1. The van der Waals surface area contributed by atoms with E-state index in [-0.39, 0.29) is 5.91 Å². The van der Waals surface area contributed by atoms with E-state index in [1.165, 1.54) is 7.11 Å². The van der Waals surface area contributed by atoms with Gasteiger partial charge in [-0.3, -0.25) is 4.79 Å². The van der Waals surface area contributed by atoms with Gasteiger partial charge < -0.3 is 14.8 Å². The second kappa shape index (κ2) is 8.04. The molecule has 7 nitrogen and oxygen atoms in total. The second-order valence-electron chi connectivity index (χ2n) is 6.63. The molecule has 8 heteroatoms. The Morgan fingerprint density at radius 1 is 1.07 bits per heavy atom. The summed E-state index contributed by atoms with van der Waals surface area (Å²) in [6.45, 7) is 1.92. The van der Waals surface area contributed by atoms with Crippen LogP contribution in [0.1, 0.15) is 15.9 Å². The second-order valence-corrected chi connectivity index (χ2v) is 7.07. The third-order valence-electron chi connectivity index (χ3n) is 4.69. The van der Waals surface area contributed by atoms with Gasteiger partial charge in [-0.15, -0.1) is 5.10 Å². The standard InChI is InChI=1S/C22H19ClN4O3/c1-13-4-5-14(18-12-27-20(24-18)8-9-21(26-27)30-3)10-17(13)25-22(28)16-11-15(23)6-7-19(16)29-2/h4-12H,1-3H3,(H,25,28). The number of benzene rings is 2. The van der Waals surface area contributed by atoms with Crippen molar-refractivity contribution >= 4 is 28.8 Å². The largest absolute Gasteiger partial charge is 0.496 e. The topological polar surface area (TPSA) is 77.8 Å². The fraction of sp³-hybridized carbons (Fsp3) is 0.136. The first kappa shape index (κ1) is 19.7. The number of ether oxygens (including phenoxy) is 2. The molecule has 0 atom stereocenters. The maximum absolute atomic E-state index is 12.9. The number of methoxy groups -OCH3 is 2. The lowest BCUT2D eigenvalue weighted by Crippen LogP contribution is -2.14. The molecule has 0 aliphatic rings. The summed E-state index contributed by atoms with van der Waals surface area (Å²) in [6.07, 6.45) is 1.81. The molecule has 152 valence electrons. The zero-order chi connectivity index (χ0) is 21.3. The lowest BCUT2D eigenvalue weighted by Gasteiger charge is -2.12. The minimum absolute atomic E-state index is 0.309. The zero-order valence-corrected chi connectivity index (χ0v) is 17.4. The lowest BCUT2D eigenvalue weighted by atomic mass is 10.1. The predicted octanol–water partition coefficient (Wildman–Crippen LogP) is 4.63. The molecule has 2 heterocycles. The Morgan fingerprint density at radius 2 is 1.90 bits per heavy atom. The molecule has 2 aromatic heterocycles. The van der Waals surface area contributed by atoms with Gasteiger partial charge in [-0.1, -0.05) is 23.7 Å². The van der Waals surface area contributed by atoms with Crippen LogP contribution in [0, 0.1) is 6.92 Å². The van der Waals surface area contributed by atoms with E-state index >= 15 is 0 Å². The van der Waals surface area contributed by atoms with Crippen molar-refractivity contribution in [1.82, 2.24) is 14.6 Å². The van der Waals surface area contributed by atoms with Crippen LogP contribution >= 0.6 is 11.6 Å². The number of hydrogen-bond donors (Lipinski definition) is 1. The molecule has 0 aliphatic heterocycles. The van der Waals surface area contributed by atoms with Crippen LogP contribution in [0.25, 0.3) is 16.9 Å². The summed E-state index contributed by atoms with van der Waals surface area (Å²) >= 11 is 6.06. The average molecular weight is 423 g/mol. The van der Waals surface area contributed by atoms with Crippen LogP contribution in [0.2, 0.25) is 5.02 Å². The van der Waals surface area contributed by atoms with Crippen LogP contribution < -0.4 is 14.8 Å². The molecule has 0 saturated heterocycles. The van der Waals surface area contributed by atoms with Gasteiger partial charge in [0.1, 0.15) is 5.75 Å². The van der Waals surface area contributed by atoms with Gasteiger partial charge in [0.05, 0.1) is 31.7 Å². The smallest absolute Gasteiger partial charge is 0.259 e. The number of nitrogens with one attached hydrogen (secondary N) is 1. The summed E-state index contributed by atoms with van der Waals surface area (Å²) in [6, 6.07) is 14.3. The highest BCUT2D eigenvalue weighted by atomic mass is 35.5. The van der Waals surface area contributed by atoms with Crippen LogP contribution in [-0.4, -0.2) is 34.7 Å². The van der Waals surface area contributed by atoms with Crippen LogP contribution in [0.4, 0.5) is 5.69 Å². The molecule has 0 aliphatic carbocycles. The molecule has 0 bridgehead atoms.